The summed E-state index contributed by atoms with van der Waals surface area (Å²) in [6, 6.07) is 9.78. The van der Waals surface area contributed by atoms with Crippen LogP contribution >= 0.6 is 0 Å². The summed E-state index contributed by atoms with van der Waals surface area (Å²) >= 11 is 0. The van der Waals surface area contributed by atoms with E-state index in [1.54, 1.807) is 30.3 Å². The molecular weight excluding hydrogens is 318 g/mol. The quantitative estimate of drug-likeness (QED) is 0.811. The van der Waals surface area contributed by atoms with Gasteiger partial charge in [-0.1, -0.05) is 6.92 Å². The predicted molar refractivity (Wildman–Crippen MR) is 91.5 cm³/mol. The van der Waals surface area contributed by atoms with E-state index in [0.717, 1.165) is 25.9 Å². The minimum absolute atomic E-state index is 0.117. The molecule has 1 aliphatic rings. The van der Waals surface area contributed by atoms with Gasteiger partial charge in [-0.2, -0.15) is 15.8 Å². The maximum Gasteiger partial charge on any atom is 0.337 e. The highest BCUT2D eigenvalue weighted by Crippen LogP contribution is 2.29. The van der Waals surface area contributed by atoms with Gasteiger partial charge >= 0.3 is 5.97 Å². The Morgan fingerprint density at radius 2 is 2.00 bits per heavy atom. The van der Waals surface area contributed by atoms with Gasteiger partial charge in [-0.3, -0.25) is 0 Å². The number of carboxylic acids is 1. The Morgan fingerprint density at radius 1 is 1.28 bits per heavy atom. The lowest BCUT2D eigenvalue weighted by Crippen LogP contribution is -2.35. The number of hydrogen-bond donors (Lipinski definition) is 2. The van der Waals surface area contributed by atoms with Crippen LogP contribution in [0.3, 0.4) is 0 Å². The number of hydrogen-bond acceptors (Lipinski definition) is 6. The first kappa shape index (κ1) is 17.8. The molecule has 0 aliphatic carbocycles. The molecule has 0 aromatic heterocycles. The van der Waals surface area contributed by atoms with Gasteiger partial charge < -0.3 is 15.3 Å². The molecule has 1 fully saturated rings. The van der Waals surface area contributed by atoms with Gasteiger partial charge in [0.25, 0.3) is 0 Å². The van der Waals surface area contributed by atoms with Crippen LogP contribution in [0.25, 0.3) is 0 Å². The number of carbonyl (C=O) groups is 1. The number of piperidine rings is 1. The molecule has 2 rings (SSSR count). The maximum absolute atomic E-state index is 11.7. The summed E-state index contributed by atoms with van der Waals surface area (Å²) in [5.74, 6) is -0.574. The standard InChI is InChI=1S/C18H17N5O2/c1-12-3-2-6-23(11-12)17-5-4-14(7-15(17)18(24)25)22-16(10-21)13(8-19)9-20/h4-5,7,12,22H,2-3,6,11H2,1H3,(H,24,25). The summed E-state index contributed by atoms with van der Waals surface area (Å²) in [6.07, 6.45) is 2.13. The fraction of sp³-hybridized carbons (Fsp3) is 0.333. The monoisotopic (exact) mass is 335 g/mol. The highest BCUT2D eigenvalue weighted by Gasteiger charge is 2.22. The Hall–Kier alpha value is -3.50. The van der Waals surface area contributed by atoms with Gasteiger partial charge in [0.05, 0.1) is 11.3 Å². The number of nitrogens with zero attached hydrogens (tertiary/aromatic N) is 4. The van der Waals surface area contributed by atoms with Crippen molar-refractivity contribution in [1.29, 1.82) is 15.8 Å². The summed E-state index contributed by atoms with van der Waals surface area (Å²) in [6.45, 7) is 3.73. The first-order chi connectivity index (χ1) is 12.0. The van der Waals surface area contributed by atoms with Crippen LogP contribution in [0.1, 0.15) is 30.1 Å². The first-order valence-corrected chi connectivity index (χ1v) is 7.84. The first-order valence-electron chi connectivity index (χ1n) is 7.84. The van der Waals surface area contributed by atoms with Crippen LogP contribution < -0.4 is 10.2 Å². The van der Waals surface area contributed by atoms with E-state index in [1.165, 1.54) is 6.07 Å². The Balaban J connectivity index is 2.38. The molecule has 1 aliphatic heterocycles. The van der Waals surface area contributed by atoms with Crippen molar-refractivity contribution in [2.45, 2.75) is 19.8 Å². The second-order valence-electron chi connectivity index (χ2n) is 5.94. The van der Waals surface area contributed by atoms with Gasteiger partial charge in [-0.05, 0) is 37.0 Å². The van der Waals surface area contributed by atoms with E-state index in [4.69, 9.17) is 15.8 Å². The molecule has 126 valence electrons. The van der Waals surface area contributed by atoms with Crippen molar-refractivity contribution < 1.29 is 9.90 Å². The normalized spacial score (nSPS) is 16.1. The summed E-state index contributed by atoms with van der Waals surface area (Å²) in [4.78, 5) is 13.7. The van der Waals surface area contributed by atoms with Crippen molar-refractivity contribution in [3.63, 3.8) is 0 Å². The van der Waals surface area contributed by atoms with E-state index in [1.807, 2.05) is 0 Å². The minimum atomic E-state index is -1.07. The van der Waals surface area contributed by atoms with Crippen molar-refractivity contribution >= 4 is 17.3 Å². The molecule has 7 heteroatoms. The third-order valence-corrected chi connectivity index (χ3v) is 4.08. The zero-order valence-electron chi connectivity index (χ0n) is 13.8. The number of allylic oxidation sites excluding steroid dienone is 2. The molecule has 0 saturated carbocycles. The Kier molecular flexibility index (Phi) is 5.61. The average Bonchev–Trinajstić information content (AvgIpc) is 2.61. The molecule has 0 spiro atoms. The molecule has 1 aromatic carbocycles. The highest BCUT2D eigenvalue weighted by atomic mass is 16.4. The van der Waals surface area contributed by atoms with Crippen LogP contribution in [0.4, 0.5) is 11.4 Å². The molecule has 1 unspecified atom stereocenters. The minimum Gasteiger partial charge on any atom is -0.478 e. The van der Waals surface area contributed by atoms with Gasteiger partial charge in [0.2, 0.25) is 0 Å². The Labute approximate surface area is 146 Å². The third kappa shape index (κ3) is 4.07. The number of benzene rings is 1. The zero-order chi connectivity index (χ0) is 18.4. The van der Waals surface area contributed by atoms with Gasteiger partial charge in [0, 0.05) is 18.8 Å². The maximum atomic E-state index is 11.7. The number of nitrogens with one attached hydrogen (secondary N) is 1. The van der Waals surface area contributed by atoms with Crippen molar-refractivity contribution in [3.05, 3.63) is 35.0 Å². The fourth-order valence-electron chi connectivity index (χ4n) is 2.90. The van der Waals surface area contributed by atoms with Crippen LogP contribution in [0.15, 0.2) is 29.5 Å². The largest absolute Gasteiger partial charge is 0.478 e. The van der Waals surface area contributed by atoms with Crippen LogP contribution in [-0.2, 0) is 0 Å². The van der Waals surface area contributed by atoms with Gasteiger partial charge in [-0.15, -0.1) is 0 Å². The van der Waals surface area contributed by atoms with Gasteiger partial charge in [0.1, 0.15) is 23.9 Å². The summed E-state index contributed by atoms with van der Waals surface area (Å²) in [5.41, 5.74) is 0.527. The second-order valence-corrected chi connectivity index (χ2v) is 5.94. The van der Waals surface area contributed by atoms with E-state index in [9.17, 15) is 9.90 Å². The number of carboxylic acid groups (broad SMARTS) is 1. The Bertz CT molecular complexity index is 822. The van der Waals surface area contributed by atoms with E-state index >= 15 is 0 Å². The van der Waals surface area contributed by atoms with Crippen LogP contribution in [0, 0.1) is 39.9 Å². The second kappa shape index (κ2) is 7.86. The van der Waals surface area contributed by atoms with E-state index < -0.39 is 5.97 Å². The molecule has 0 radical (unpaired) electrons. The Morgan fingerprint density at radius 3 is 2.56 bits per heavy atom. The van der Waals surface area contributed by atoms with Gasteiger partial charge in [0.15, 0.2) is 5.57 Å². The van der Waals surface area contributed by atoms with Crippen molar-refractivity contribution in [2.24, 2.45) is 5.92 Å². The molecule has 2 N–H and O–H groups in total. The lowest BCUT2D eigenvalue weighted by molar-refractivity contribution is 0.0697. The molecule has 25 heavy (non-hydrogen) atoms. The van der Waals surface area contributed by atoms with Gasteiger partial charge in [-0.25, -0.2) is 4.79 Å². The highest BCUT2D eigenvalue weighted by molar-refractivity contribution is 5.96. The van der Waals surface area contributed by atoms with E-state index in [-0.39, 0.29) is 16.8 Å². The fourth-order valence-corrected chi connectivity index (χ4v) is 2.90. The summed E-state index contributed by atoms with van der Waals surface area (Å²) in [5, 5.41) is 39.0. The topological polar surface area (TPSA) is 124 Å². The predicted octanol–water partition coefficient (Wildman–Crippen LogP) is 2.86. The number of rotatable bonds is 4. The SMILES string of the molecule is CC1CCCN(c2ccc(NC(C#N)=C(C#N)C#N)cc2C(=O)O)C1. The zero-order valence-corrected chi connectivity index (χ0v) is 13.8. The lowest BCUT2D eigenvalue weighted by atomic mass is 9.98. The number of nitriles is 3. The molecular formula is C18H17N5O2. The summed E-state index contributed by atoms with van der Waals surface area (Å²) in [7, 11) is 0. The molecule has 7 nitrogen and oxygen atoms in total. The molecule has 1 atom stereocenters. The average molecular weight is 335 g/mol. The summed E-state index contributed by atoms with van der Waals surface area (Å²) < 4.78 is 0. The number of anilines is 2. The van der Waals surface area contributed by atoms with Crippen molar-refractivity contribution in [2.75, 3.05) is 23.3 Å². The van der Waals surface area contributed by atoms with E-state index in [0.29, 0.717) is 17.3 Å². The molecule has 0 amide bonds. The van der Waals surface area contributed by atoms with Crippen molar-refractivity contribution in [3.8, 4) is 18.2 Å². The van der Waals surface area contributed by atoms with E-state index in [2.05, 4.69) is 17.1 Å². The lowest BCUT2D eigenvalue weighted by Gasteiger charge is -2.33. The third-order valence-electron chi connectivity index (χ3n) is 4.08. The van der Waals surface area contributed by atoms with Crippen LogP contribution in [-0.4, -0.2) is 24.2 Å². The van der Waals surface area contributed by atoms with Crippen molar-refractivity contribution in [1.82, 2.24) is 0 Å². The number of aromatic carboxylic acids is 1. The molecule has 0 bridgehead atoms. The molecule has 1 heterocycles. The van der Waals surface area contributed by atoms with Crippen LogP contribution in [0.2, 0.25) is 0 Å². The smallest absolute Gasteiger partial charge is 0.337 e. The molecule has 1 saturated heterocycles. The van der Waals surface area contributed by atoms with Crippen LogP contribution in [0.5, 0.6) is 0 Å². The molecule has 1 aromatic rings.